The Morgan fingerprint density at radius 2 is 1.82 bits per heavy atom. The number of thiophene rings is 1. The molecule has 28 heavy (non-hydrogen) atoms. The first-order chi connectivity index (χ1) is 13.3. The van der Waals surface area contributed by atoms with Crippen LogP contribution in [0, 0.1) is 0 Å². The zero-order chi connectivity index (χ0) is 20.4. The van der Waals surface area contributed by atoms with Crippen molar-refractivity contribution >= 4 is 40.5 Å². The lowest BCUT2D eigenvalue weighted by Gasteiger charge is -2.03. The van der Waals surface area contributed by atoms with Gasteiger partial charge < -0.3 is 10.2 Å². The second-order valence-corrected chi connectivity index (χ2v) is 7.30. The summed E-state index contributed by atoms with van der Waals surface area (Å²) in [5, 5.41) is 28.3. The van der Waals surface area contributed by atoms with E-state index in [2.05, 4.69) is 15.6 Å². The highest BCUT2D eigenvalue weighted by molar-refractivity contribution is 7.15. The van der Waals surface area contributed by atoms with Crippen LogP contribution >= 0.6 is 22.9 Å². The summed E-state index contributed by atoms with van der Waals surface area (Å²) in [6, 6.07) is 9.68. The van der Waals surface area contributed by atoms with E-state index < -0.39 is 11.9 Å². The topological polar surface area (TPSA) is 117 Å². The van der Waals surface area contributed by atoms with Crippen molar-refractivity contribution in [3.63, 3.8) is 0 Å². The van der Waals surface area contributed by atoms with Gasteiger partial charge in [-0.15, -0.1) is 11.3 Å². The minimum absolute atomic E-state index is 0.0563. The largest absolute Gasteiger partial charge is 0.504 e. The Morgan fingerprint density at radius 3 is 2.43 bits per heavy atom. The molecule has 0 aliphatic carbocycles. The number of aryl methyl sites for hydroxylation is 1. The van der Waals surface area contributed by atoms with Crippen molar-refractivity contribution in [3.8, 4) is 17.0 Å². The van der Waals surface area contributed by atoms with E-state index in [1.54, 1.807) is 38.2 Å². The first-order valence-electron chi connectivity index (χ1n) is 7.98. The molecule has 10 heteroatoms. The lowest BCUT2D eigenvalue weighted by molar-refractivity contribution is 0.0702. The lowest BCUT2D eigenvalue weighted by atomic mass is 10.1. The molecule has 3 N–H and O–H groups in total. The second-order valence-electron chi connectivity index (χ2n) is 5.78. The Morgan fingerprint density at radius 1 is 1.18 bits per heavy atom. The van der Waals surface area contributed by atoms with E-state index in [9.17, 15) is 14.7 Å². The van der Waals surface area contributed by atoms with Gasteiger partial charge in [-0.05, 0) is 31.2 Å². The van der Waals surface area contributed by atoms with E-state index in [1.807, 2.05) is 0 Å². The van der Waals surface area contributed by atoms with Gasteiger partial charge in [-0.3, -0.25) is 9.48 Å². The van der Waals surface area contributed by atoms with Crippen LogP contribution < -0.4 is 5.43 Å². The SMILES string of the molecule is C/C(=N/NC(=O)c1ccc(C(=O)O)s1)c1nn(C)c(-c2ccc(Cl)cc2)c1O. The first-order valence-corrected chi connectivity index (χ1v) is 9.17. The van der Waals surface area contributed by atoms with Gasteiger partial charge in [-0.2, -0.15) is 10.2 Å². The summed E-state index contributed by atoms with van der Waals surface area (Å²) in [4.78, 5) is 23.3. The number of benzene rings is 1. The van der Waals surface area contributed by atoms with Crippen LogP contribution in [0.3, 0.4) is 0 Å². The van der Waals surface area contributed by atoms with E-state index in [1.165, 1.54) is 16.8 Å². The van der Waals surface area contributed by atoms with Gasteiger partial charge in [0.25, 0.3) is 5.91 Å². The molecule has 1 aromatic carbocycles. The normalized spacial score (nSPS) is 11.5. The molecular formula is C18H15ClN4O4S. The molecular weight excluding hydrogens is 404 g/mol. The van der Waals surface area contributed by atoms with Gasteiger partial charge in [0.05, 0.1) is 10.6 Å². The highest BCUT2D eigenvalue weighted by Gasteiger charge is 2.19. The van der Waals surface area contributed by atoms with Gasteiger partial charge in [0.2, 0.25) is 0 Å². The van der Waals surface area contributed by atoms with Crippen molar-refractivity contribution < 1.29 is 19.8 Å². The maximum Gasteiger partial charge on any atom is 0.345 e. The summed E-state index contributed by atoms with van der Waals surface area (Å²) in [7, 11) is 1.68. The van der Waals surface area contributed by atoms with Crippen LogP contribution in [0.5, 0.6) is 5.75 Å². The predicted molar refractivity (Wildman–Crippen MR) is 106 cm³/mol. The molecule has 1 amide bonds. The summed E-state index contributed by atoms with van der Waals surface area (Å²) in [5.41, 5.74) is 4.05. The molecule has 0 spiro atoms. The number of carboxylic acids is 1. The number of hydrazone groups is 1. The number of nitrogens with zero attached hydrogens (tertiary/aromatic N) is 3. The number of aromatic nitrogens is 2. The van der Waals surface area contributed by atoms with Crippen molar-refractivity contribution in [3.05, 3.63) is 56.9 Å². The van der Waals surface area contributed by atoms with Gasteiger partial charge >= 0.3 is 5.97 Å². The van der Waals surface area contributed by atoms with Gasteiger partial charge in [0.15, 0.2) is 11.4 Å². The number of hydrogen-bond donors (Lipinski definition) is 3. The molecule has 2 aromatic heterocycles. The maximum atomic E-state index is 12.1. The molecule has 0 radical (unpaired) electrons. The number of carboxylic acid groups (broad SMARTS) is 1. The quantitative estimate of drug-likeness (QED) is 0.434. The number of rotatable bonds is 5. The number of halogens is 1. The number of aromatic hydroxyl groups is 1. The predicted octanol–water partition coefficient (Wildman–Crippen LogP) is 3.36. The number of amides is 1. The average molecular weight is 419 g/mol. The molecule has 3 rings (SSSR count). The minimum atomic E-state index is -1.10. The number of carbonyl (C=O) groups is 2. The third kappa shape index (κ3) is 3.90. The third-order valence-electron chi connectivity index (χ3n) is 3.85. The van der Waals surface area contributed by atoms with E-state index in [4.69, 9.17) is 16.7 Å². The van der Waals surface area contributed by atoms with Crippen LogP contribution in [0.4, 0.5) is 0 Å². The zero-order valence-corrected chi connectivity index (χ0v) is 16.4. The Kier molecular flexibility index (Phi) is 5.48. The molecule has 144 valence electrons. The minimum Gasteiger partial charge on any atom is -0.504 e. The highest BCUT2D eigenvalue weighted by Crippen LogP contribution is 2.32. The van der Waals surface area contributed by atoms with E-state index in [-0.39, 0.29) is 26.9 Å². The van der Waals surface area contributed by atoms with Crippen LogP contribution in [-0.4, -0.2) is 37.6 Å². The summed E-state index contributed by atoms with van der Waals surface area (Å²) in [6.07, 6.45) is 0. The highest BCUT2D eigenvalue weighted by atomic mass is 35.5. The van der Waals surface area contributed by atoms with Crippen LogP contribution in [0.2, 0.25) is 5.02 Å². The molecule has 0 saturated heterocycles. The Balaban J connectivity index is 1.83. The van der Waals surface area contributed by atoms with Crippen LogP contribution in [0.15, 0.2) is 41.5 Å². The van der Waals surface area contributed by atoms with E-state index >= 15 is 0 Å². The summed E-state index contributed by atoms with van der Waals surface area (Å²) in [6.45, 7) is 1.59. The molecule has 3 aromatic rings. The Hall–Kier alpha value is -3.17. The standard InChI is InChI=1S/C18H15ClN4O4S/c1-9(20-21-17(25)12-7-8-13(28-12)18(26)27)14-16(24)15(23(2)22-14)10-3-5-11(19)6-4-10/h3-8,24H,1-2H3,(H,21,25)(H,26,27)/b20-9-. The van der Waals surface area contributed by atoms with Gasteiger partial charge in [0.1, 0.15) is 10.6 Å². The van der Waals surface area contributed by atoms with Crippen molar-refractivity contribution in [2.75, 3.05) is 0 Å². The molecule has 0 atom stereocenters. The Labute approximate surface area is 168 Å². The van der Waals surface area contributed by atoms with Gasteiger partial charge in [-0.1, -0.05) is 23.7 Å². The van der Waals surface area contributed by atoms with Crippen molar-refractivity contribution in [2.45, 2.75) is 6.92 Å². The molecule has 8 nitrogen and oxygen atoms in total. The second kappa shape index (κ2) is 7.83. The molecule has 0 aliphatic rings. The fraction of sp³-hybridized carbons (Fsp3) is 0.111. The number of hydrogen-bond acceptors (Lipinski definition) is 6. The summed E-state index contributed by atoms with van der Waals surface area (Å²) >= 11 is 6.74. The summed E-state index contributed by atoms with van der Waals surface area (Å²) < 4.78 is 1.51. The van der Waals surface area contributed by atoms with Gasteiger partial charge in [0, 0.05) is 17.6 Å². The molecule has 0 bridgehead atoms. The fourth-order valence-electron chi connectivity index (χ4n) is 2.51. The first kappa shape index (κ1) is 19.6. The molecule has 0 aliphatic heterocycles. The van der Waals surface area contributed by atoms with Crippen molar-refractivity contribution in [1.82, 2.24) is 15.2 Å². The lowest BCUT2D eigenvalue weighted by Crippen LogP contribution is -2.18. The monoisotopic (exact) mass is 418 g/mol. The number of aromatic carboxylic acids is 1. The van der Waals surface area contributed by atoms with E-state index in [0.29, 0.717) is 10.7 Å². The number of nitrogens with one attached hydrogen (secondary N) is 1. The van der Waals surface area contributed by atoms with Crippen LogP contribution in [0.25, 0.3) is 11.3 Å². The fourth-order valence-corrected chi connectivity index (χ4v) is 3.37. The Bertz CT molecular complexity index is 1090. The van der Waals surface area contributed by atoms with Crippen molar-refractivity contribution in [1.29, 1.82) is 0 Å². The van der Waals surface area contributed by atoms with E-state index in [0.717, 1.165) is 16.9 Å². The van der Waals surface area contributed by atoms with Gasteiger partial charge in [-0.25, -0.2) is 10.2 Å². The molecule has 0 unspecified atom stereocenters. The zero-order valence-electron chi connectivity index (χ0n) is 14.8. The summed E-state index contributed by atoms with van der Waals surface area (Å²) in [5.74, 6) is -1.73. The third-order valence-corrected chi connectivity index (χ3v) is 5.17. The maximum absolute atomic E-state index is 12.1. The molecule has 0 fully saturated rings. The van der Waals surface area contributed by atoms with Crippen molar-refractivity contribution in [2.24, 2.45) is 12.1 Å². The molecule has 0 saturated carbocycles. The smallest absolute Gasteiger partial charge is 0.345 e. The van der Waals surface area contributed by atoms with Crippen LogP contribution in [0.1, 0.15) is 32.0 Å². The van der Waals surface area contributed by atoms with Crippen LogP contribution in [-0.2, 0) is 7.05 Å². The molecule has 2 heterocycles. The number of carbonyl (C=O) groups excluding carboxylic acids is 1. The average Bonchev–Trinajstić information content (AvgIpc) is 3.26.